The minimum Gasteiger partial charge on any atom is -0.480 e. The van der Waals surface area contributed by atoms with E-state index in [9.17, 15) is 18.3 Å². The molecule has 0 saturated carbocycles. The molecule has 0 radical (unpaired) electrons. The van der Waals surface area contributed by atoms with E-state index in [0.29, 0.717) is 34.9 Å². The molecule has 2 fully saturated rings. The highest BCUT2D eigenvalue weighted by molar-refractivity contribution is 7.92. The molecule has 0 amide bonds. The van der Waals surface area contributed by atoms with Crippen molar-refractivity contribution >= 4 is 38.4 Å². The van der Waals surface area contributed by atoms with E-state index in [1.54, 1.807) is 24.3 Å². The summed E-state index contributed by atoms with van der Waals surface area (Å²) in [7, 11) is -2.57. The van der Waals surface area contributed by atoms with Gasteiger partial charge in [0.05, 0.1) is 19.2 Å². The molecule has 2 saturated heterocycles. The fraction of sp³-hybridized carbons (Fsp3) is 0.286. The first-order valence-corrected chi connectivity index (χ1v) is 14.7. The van der Waals surface area contributed by atoms with Gasteiger partial charge in [0.1, 0.15) is 22.0 Å². The van der Waals surface area contributed by atoms with Crippen LogP contribution in [0.5, 0.6) is 5.88 Å². The predicted octanol–water partition coefficient (Wildman–Crippen LogP) is 3.06. The standard InChI is InChI=1S/C28H28N6O7S/c1-39-26-23(34-42(37,38)20-3-2-8-30-15-20)13-19(14-31-26)17-4-5-22-18(11-17)12-21(27(35)36)25(32-22)33-24-16-40-28(41-24)6-9-29-10-7-28/h2-5,8,11-15,24,29,34H,6-7,9-10,16H2,1H3,(H,32,33)(H,35,36). The normalized spacial score (nSPS) is 18.2. The summed E-state index contributed by atoms with van der Waals surface area (Å²) >= 11 is 0. The highest BCUT2D eigenvalue weighted by Gasteiger charge is 2.42. The van der Waals surface area contributed by atoms with Crippen LogP contribution in [-0.4, -0.2) is 73.3 Å². The average Bonchev–Trinajstić information content (AvgIpc) is 3.38. The van der Waals surface area contributed by atoms with Crippen molar-refractivity contribution in [2.24, 2.45) is 0 Å². The summed E-state index contributed by atoms with van der Waals surface area (Å²) in [6.07, 6.45) is 5.13. The molecule has 13 nitrogen and oxygen atoms in total. The third kappa shape index (κ3) is 5.56. The maximum absolute atomic E-state index is 12.9. The van der Waals surface area contributed by atoms with Gasteiger partial charge in [0, 0.05) is 55.5 Å². The quantitative estimate of drug-likeness (QED) is 0.236. The van der Waals surface area contributed by atoms with Gasteiger partial charge in [-0.05, 0) is 42.0 Å². The first-order valence-electron chi connectivity index (χ1n) is 13.2. The van der Waals surface area contributed by atoms with Gasteiger partial charge in [-0.3, -0.25) is 9.71 Å². The van der Waals surface area contributed by atoms with Gasteiger partial charge >= 0.3 is 5.97 Å². The number of anilines is 2. The Morgan fingerprint density at radius 3 is 2.71 bits per heavy atom. The number of benzene rings is 1. The van der Waals surface area contributed by atoms with Gasteiger partial charge in [-0.2, -0.15) is 0 Å². The number of aromatic carboxylic acids is 1. The molecule has 4 aromatic rings. The summed E-state index contributed by atoms with van der Waals surface area (Å²) in [6.45, 7) is 1.84. The monoisotopic (exact) mass is 592 g/mol. The molecule has 0 bridgehead atoms. The highest BCUT2D eigenvalue weighted by atomic mass is 32.2. The number of nitrogens with one attached hydrogen (secondary N) is 3. The first kappa shape index (κ1) is 27.8. The fourth-order valence-corrected chi connectivity index (χ4v) is 6.04. The van der Waals surface area contributed by atoms with Crippen molar-refractivity contribution in [3.8, 4) is 17.0 Å². The van der Waals surface area contributed by atoms with Gasteiger partial charge in [-0.25, -0.2) is 23.2 Å². The van der Waals surface area contributed by atoms with Crippen LogP contribution in [0.3, 0.4) is 0 Å². The minimum atomic E-state index is -3.96. The van der Waals surface area contributed by atoms with Gasteiger partial charge in [-0.15, -0.1) is 0 Å². The van der Waals surface area contributed by atoms with Crippen LogP contribution in [0.25, 0.3) is 22.0 Å². The second-order valence-corrected chi connectivity index (χ2v) is 11.6. The second kappa shape index (κ2) is 11.1. The molecule has 4 N–H and O–H groups in total. The van der Waals surface area contributed by atoms with Crippen molar-refractivity contribution in [3.05, 3.63) is 66.6 Å². The maximum atomic E-state index is 12.9. The predicted molar refractivity (Wildman–Crippen MR) is 153 cm³/mol. The number of fused-ring (bicyclic) bond motifs is 1. The van der Waals surface area contributed by atoms with E-state index in [1.165, 1.54) is 43.9 Å². The number of pyridine rings is 3. The number of carboxylic acids is 1. The van der Waals surface area contributed by atoms with Crippen molar-refractivity contribution in [2.45, 2.75) is 29.8 Å². The van der Waals surface area contributed by atoms with E-state index in [1.807, 2.05) is 0 Å². The van der Waals surface area contributed by atoms with Gasteiger partial charge in [0.25, 0.3) is 10.0 Å². The van der Waals surface area contributed by atoms with E-state index in [4.69, 9.17) is 14.2 Å². The molecule has 218 valence electrons. The number of methoxy groups -OCH3 is 1. The number of aromatic nitrogens is 3. The molecule has 5 heterocycles. The van der Waals surface area contributed by atoms with Crippen LogP contribution in [-0.2, 0) is 19.5 Å². The van der Waals surface area contributed by atoms with Gasteiger partial charge in [-0.1, -0.05) is 6.07 Å². The lowest BCUT2D eigenvalue weighted by molar-refractivity contribution is -0.180. The molecular weight excluding hydrogens is 564 g/mol. The number of piperidine rings is 1. The number of carbonyl (C=O) groups is 1. The topological polar surface area (TPSA) is 174 Å². The van der Waals surface area contributed by atoms with E-state index < -0.39 is 28.0 Å². The molecule has 2 aliphatic heterocycles. The zero-order valence-corrected chi connectivity index (χ0v) is 23.3. The number of sulfonamides is 1. The number of nitrogens with zero attached hydrogens (tertiary/aromatic N) is 3. The van der Waals surface area contributed by atoms with Crippen LogP contribution in [0.1, 0.15) is 23.2 Å². The summed E-state index contributed by atoms with van der Waals surface area (Å²) in [5.74, 6) is -1.55. The van der Waals surface area contributed by atoms with Crippen LogP contribution >= 0.6 is 0 Å². The van der Waals surface area contributed by atoms with E-state index in [0.717, 1.165) is 13.1 Å². The van der Waals surface area contributed by atoms with Crippen molar-refractivity contribution in [2.75, 3.05) is 36.8 Å². The Hall–Kier alpha value is -4.37. The third-order valence-electron chi connectivity index (χ3n) is 7.13. The molecule has 1 spiro atoms. The third-order valence-corrected chi connectivity index (χ3v) is 8.48. The molecule has 1 aromatic carbocycles. The van der Waals surface area contributed by atoms with Crippen LogP contribution in [0, 0.1) is 0 Å². The number of hydrogen-bond acceptors (Lipinski definition) is 11. The molecule has 14 heteroatoms. The Labute approximate surface area is 241 Å². The molecule has 1 atom stereocenters. The highest BCUT2D eigenvalue weighted by Crippen LogP contribution is 2.34. The molecular formula is C28H28N6O7S. The smallest absolute Gasteiger partial charge is 0.339 e. The zero-order valence-electron chi connectivity index (χ0n) is 22.5. The van der Waals surface area contributed by atoms with E-state index in [-0.39, 0.29) is 34.5 Å². The van der Waals surface area contributed by atoms with Crippen LogP contribution in [0.2, 0.25) is 0 Å². The Morgan fingerprint density at radius 1 is 1.14 bits per heavy atom. The molecule has 3 aromatic heterocycles. The Bertz CT molecular complexity index is 1750. The lowest BCUT2D eigenvalue weighted by Gasteiger charge is -2.32. The lowest BCUT2D eigenvalue weighted by Crippen LogP contribution is -2.43. The zero-order chi connectivity index (χ0) is 29.3. The molecule has 2 aliphatic rings. The fourth-order valence-electron chi connectivity index (χ4n) is 5.03. The second-order valence-electron chi connectivity index (χ2n) is 9.89. The number of rotatable bonds is 8. The number of ether oxygens (including phenoxy) is 3. The summed E-state index contributed by atoms with van der Waals surface area (Å²) in [5.41, 5.74) is 1.91. The summed E-state index contributed by atoms with van der Waals surface area (Å²) in [6, 6.07) is 11.4. The number of hydrogen-bond donors (Lipinski definition) is 4. The SMILES string of the molecule is COc1ncc(-c2ccc3nc(NC4COC5(CCNCC5)O4)c(C(=O)O)cc3c2)cc1NS(=O)(=O)c1cccnc1. The van der Waals surface area contributed by atoms with Gasteiger partial charge in [0.15, 0.2) is 12.0 Å². The van der Waals surface area contributed by atoms with E-state index >= 15 is 0 Å². The van der Waals surface area contributed by atoms with Crippen molar-refractivity contribution in [3.63, 3.8) is 0 Å². The van der Waals surface area contributed by atoms with Gasteiger partial charge < -0.3 is 30.0 Å². The Kier molecular flexibility index (Phi) is 7.36. The molecule has 6 rings (SSSR count). The lowest BCUT2D eigenvalue weighted by atomic mass is 10.0. The van der Waals surface area contributed by atoms with Crippen LogP contribution < -0.4 is 20.1 Å². The largest absolute Gasteiger partial charge is 0.480 e. The average molecular weight is 593 g/mol. The first-order chi connectivity index (χ1) is 20.2. The number of carboxylic acid groups (broad SMARTS) is 1. The maximum Gasteiger partial charge on any atom is 0.339 e. The summed E-state index contributed by atoms with van der Waals surface area (Å²) in [4.78, 5) is 24.9. The van der Waals surface area contributed by atoms with Crippen LogP contribution in [0.15, 0.2) is 66.0 Å². The Morgan fingerprint density at radius 2 is 1.98 bits per heavy atom. The molecule has 1 unspecified atom stereocenters. The minimum absolute atomic E-state index is 0.0136. The van der Waals surface area contributed by atoms with Crippen molar-refractivity contribution < 1.29 is 32.5 Å². The summed E-state index contributed by atoms with van der Waals surface area (Å²) in [5, 5.41) is 16.9. The van der Waals surface area contributed by atoms with Crippen molar-refractivity contribution in [1.82, 2.24) is 20.3 Å². The van der Waals surface area contributed by atoms with E-state index in [2.05, 4.69) is 30.3 Å². The molecule has 0 aliphatic carbocycles. The summed E-state index contributed by atoms with van der Waals surface area (Å²) < 4.78 is 45.7. The van der Waals surface area contributed by atoms with Gasteiger partial charge in [0.2, 0.25) is 5.88 Å². The van der Waals surface area contributed by atoms with Crippen molar-refractivity contribution in [1.29, 1.82) is 0 Å². The van der Waals surface area contributed by atoms with Crippen LogP contribution in [0.4, 0.5) is 11.5 Å². The molecule has 42 heavy (non-hydrogen) atoms. The Balaban J connectivity index is 1.29.